The van der Waals surface area contributed by atoms with E-state index in [9.17, 15) is 26.4 Å². The predicted octanol–water partition coefficient (Wildman–Crippen LogP) is 3.67. The fourth-order valence-electron chi connectivity index (χ4n) is 2.55. The summed E-state index contributed by atoms with van der Waals surface area (Å²) in [6.45, 7) is 1.85. The SMILES string of the molecule is CCOc1ccc(C(F)(F)F)cc1NC(=O)/C=C/c1ccc(OC)c(S(=O)(=O)NC)c1. The van der Waals surface area contributed by atoms with Gasteiger partial charge in [0.05, 0.1) is 25.0 Å². The van der Waals surface area contributed by atoms with Crippen LogP contribution in [0.25, 0.3) is 6.08 Å². The van der Waals surface area contributed by atoms with Crippen LogP contribution in [0, 0.1) is 0 Å². The van der Waals surface area contributed by atoms with Crippen molar-refractivity contribution in [3.05, 3.63) is 53.6 Å². The summed E-state index contributed by atoms with van der Waals surface area (Å²) in [5.74, 6) is -0.528. The Morgan fingerprint density at radius 2 is 1.81 bits per heavy atom. The molecule has 0 bridgehead atoms. The molecule has 0 aromatic heterocycles. The highest BCUT2D eigenvalue weighted by Crippen LogP contribution is 2.35. The Labute approximate surface area is 177 Å². The van der Waals surface area contributed by atoms with Gasteiger partial charge in [-0.15, -0.1) is 0 Å². The number of hydrogen-bond donors (Lipinski definition) is 2. The van der Waals surface area contributed by atoms with Crippen molar-refractivity contribution in [3.63, 3.8) is 0 Å². The number of hydrogen-bond acceptors (Lipinski definition) is 5. The molecule has 0 fully saturated rings. The number of halogens is 3. The van der Waals surface area contributed by atoms with Gasteiger partial charge in [0.25, 0.3) is 0 Å². The monoisotopic (exact) mass is 458 g/mol. The molecule has 0 atom stereocenters. The van der Waals surface area contributed by atoms with Crippen LogP contribution in [0.1, 0.15) is 18.1 Å². The molecule has 0 aliphatic heterocycles. The van der Waals surface area contributed by atoms with Crippen molar-refractivity contribution in [3.8, 4) is 11.5 Å². The van der Waals surface area contributed by atoms with Crippen LogP contribution in [0.3, 0.4) is 0 Å². The van der Waals surface area contributed by atoms with Crippen molar-refractivity contribution >= 4 is 27.7 Å². The maximum Gasteiger partial charge on any atom is 0.416 e. The normalized spacial score (nSPS) is 12.1. The Morgan fingerprint density at radius 1 is 1.13 bits per heavy atom. The van der Waals surface area contributed by atoms with E-state index in [-0.39, 0.29) is 28.7 Å². The average Bonchev–Trinajstić information content (AvgIpc) is 2.72. The molecule has 0 saturated heterocycles. The van der Waals surface area contributed by atoms with E-state index in [2.05, 4.69) is 10.0 Å². The third-order valence-corrected chi connectivity index (χ3v) is 5.47. The number of carbonyl (C=O) groups excluding carboxylic acids is 1. The maximum atomic E-state index is 13.0. The van der Waals surface area contributed by atoms with E-state index in [1.54, 1.807) is 6.92 Å². The van der Waals surface area contributed by atoms with Gasteiger partial charge in [-0.25, -0.2) is 13.1 Å². The summed E-state index contributed by atoms with van der Waals surface area (Å²) in [5, 5.41) is 2.35. The second-order valence-electron chi connectivity index (χ2n) is 6.08. The number of nitrogens with one attached hydrogen (secondary N) is 2. The van der Waals surface area contributed by atoms with Crippen LogP contribution in [0.4, 0.5) is 18.9 Å². The van der Waals surface area contributed by atoms with Gasteiger partial charge in [0.1, 0.15) is 16.4 Å². The number of anilines is 1. The Balaban J connectivity index is 2.29. The molecular formula is C20H21F3N2O5S. The molecule has 2 rings (SSSR count). The molecule has 11 heteroatoms. The lowest BCUT2D eigenvalue weighted by molar-refractivity contribution is -0.137. The quantitative estimate of drug-likeness (QED) is 0.589. The Morgan fingerprint density at radius 3 is 2.39 bits per heavy atom. The first-order valence-electron chi connectivity index (χ1n) is 8.96. The number of sulfonamides is 1. The lowest BCUT2D eigenvalue weighted by atomic mass is 10.1. The van der Waals surface area contributed by atoms with Gasteiger partial charge in [-0.3, -0.25) is 4.79 Å². The van der Waals surface area contributed by atoms with Gasteiger partial charge < -0.3 is 14.8 Å². The molecule has 7 nitrogen and oxygen atoms in total. The van der Waals surface area contributed by atoms with Gasteiger partial charge in [-0.2, -0.15) is 13.2 Å². The minimum atomic E-state index is -4.58. The second kappa shape index (κ2) is 9.84. The summed E-state index contributed by atoms with van der Waals surface area (Å²) < 4.78 is 75.7. The second-order valence-corrected chi connectivity index (χ2v) is 7.94. The number of carbonyl (C=O) groups is 1. The van der Waals surface area contributed by atoms with Crippen molar-refractivity contribution in [2.45, 2.75) is 18.0 Å². The predicted molar refractivity (Wildman–Crippen MR) is 110 cm³/mol. The molecule has 2 N–H and O–H groups in total. The molecular weight excluding hydrogens is 437 g/mol. The van der Waals surface area contributed by atoms with Crippen LogP contribution >= 0.6 is 0 Å². The lowest BCUT2D eigenvalue weighted by Gasteiger charge is -2.14. The number of amides is 1. The summed E-state index contributed by atoms with van der Waals surface area (Å²) in [5.41, 5.74) is -0.717. The number of ether oxygens (including phenoxy) is 2. The number of benzene rings is 2. The van der Waals surface area contributed by atoms with Crippen molar-refractivity contribution < 1.29 is 35.9 Å². The Kier molecular flexibility index (Phi) is 7.69. The van der Waals surface area contributed by atoms with Crippen molar-refractivity contribution in [2.75, 3.05) is 26.1 Å². The first-order chi connectivity index (χ1) is 14.5. The van der Waals surface area contributed by atoms with Crippen LogP contribution in [0.2, 0.25) is 0 Å². The number of alkyl halides is 3. The van der Waals surface area contributed by atoms with Crippen LogP contribution in [-0.4, -0.2) is 35.1 Å². The number of rotatable bonds is 8. The largest absolute Gasteiger partial charge is 0.495 e. The van der Waals surface area contributed by atoms with Gasteiger partial charge in [0.15, 0.2) is 0 Å². The highest BCUT2D eigenvalue weighted by Gasteiger charge is 2.31. The minimum Gasteiger partial charge on any atom is -0.495 e. The summed E-state index contributed by atoms with van der Waals surface area (Å²) >= 11 is 0. The molecule has 0 saturated carbocycles. The first-order valence-corrected chi connectivity index (χ1v) is 10.4. The molecule has 2 aromatic rings. The van der Waals surface area contributed by atoms with E-state index < -0.39 is 27.7 Å². The van der Waals surface area contributed by atoms with E-state index in [0.717, 1.165) is 24.3 Å². The van der Waals surface area contributed by atoms with Crippen molar-refractivity contribution in [1.29, 1.82) is 0 Å². The zero-order chi connectivity index (χ0) is 23.2. The molecule has 0 unspecified atom stereocenters. The van der Waals surface area contributed by atoms with Crippen molar-refractivity contribution in [1.82, 2.24) is 4.72 Å². The van der Waals surface area contributed by atoms with Crippen LogP contribution in [0.15, 0.2) is 47.4 Å². The van der Waals surface area contributed by atoms with Crippen LogP contribution < -0.4 is 19.5 Å². The van der Waals surface area contributed by atoms with E-state index >= 15 is 0 Å². The first kappa shape index (κ1) is 24.2. The lowest BCUT2D eigenvalue weighted by Crippen LogP contribution is -2.19. The summed E-state index contributed by atoms with van der Waals surface area (Å²) in [4.78, 5) is 12.1. The number of methoxy groups -OCH3 is 1. The van der Waals surface area contributed by atoms with Gasteiger partial charge in [-0.1, -0.05) is 6.07 Å². The molecule has 2 aromatic carbocycles. The Hall–Kier alpha value is -3.05. The molecule has 31 heavy (non-hydrogen) atoms. The zero-order valence-corrected chi connectivity index (χ0v) is 17.7. The standard InChI is InChI=1S/C20H21F3N2O5S/c1-4-30-16-9-7-14(20(21,22)23)12-15(16)25-19(26)10-6-13-5-8-17(29-3)18(11-13)31(27,28)24-2/h5-12,24H,4H2,1-3H3,(H,25,26)/b10-6+. The Bertz CT molecular complexity index is 1080. The molecule has 0 radical (unpaired) electrons. The average molecular weight is 458 g/mol. The van der Waals surface area contributed by atoms with Crippen LogP contribution in [-0.2, 0) is 21.0 Å². The fourth-order valence-corrected chi connectivity index (χ4v) is 3.48. The molecule has 0 aliphatic rings. The molecule has 0 spiro atoms. The van der Waals surface area contributed by atoms with Gasteiger partial charge in [0.2, 0.25) is 15.9 Å². The van der Waals surface area contributed by atoms with Gasteiger partial charge >= 0.3 is 6.18 Å². The summed E-state index contributed by atoms with van der Waals surface area (Å²) in [6, 6.07) is 7.00. The highest BCUT2D eigenvalue weighted by molar-refractivity contribution is 7.89. The third-order valence-electron chi connectivity index (χ3n) is 4.04. The minimum absolute atomic E-state index is 0.0871. The smallest absolute Gasteiger partial charge is 0.416 e. The van der Waals surface area contributed by atoms with E-state index in [1.165, 1.54) is 38.4 Å². The summed E-state index contributed by atoms with van der Waals surface area (Å²) in [6.07, 6.45) is -2.21. The topological polar surface area (TPSA) is 93.7 Å². The molecule has 0 heterocycles. The molecule has 0 aliphatic carbocycles. The zero-order valence-electron chi connectivity index (χ0n) is 16.9. The molecule has 1 amide bonds. The fraction of sp³-hybridized carbons (Fsp3) is 0.250. The van der Waals surface area contributed by atoms with Crippen LogP contribution in [0.5, 0.6) is 11.5 Å². The highest BCUT2D eigenvalue weighted by atomic mass is 32.2. The maximum absolute atomic E-state index is 13.0. The van der Waals surface area contributed by atoms with E-state index in [0.29, 0.717) is 5.56 Å². The van der Waals surface area contributed by atoms with E-state index in [4.69, 9.17) is 9.47 Å². The van der Waals surface area contributed by atoms with Gasteiger partial charge in [0, 0.05) is 6.08 Å². The van der Waals surface area contributed by atoms with E-state index in [1.807, 2.05) is 0 Å². The third kappa shape index (κ3) is 6.22. The summed E-state index contributed by atoms with van der Waals surface area (Å²) in [7, 11) is -1.25. The van der Waals surface area contributed by atoms with Crippen molar-refractivity contribution in [2.24, 2.45) is 0 Å². The molecule has 168 valence electrons. The van der Waals surface area contributed by atoms with Gasteiger partial charge in [-0.05, 0) is 55.9 Å².